The summed E-state index contributed by atoms with van der Waals surface area (Å²) in [4.78, 5) is 2.27. The number of piperazine rings is 1. The van der Waals surface area contributed by atoms with Crippen molar-refractivity contribution in [2.24, 2.45) is 0 Å². The largest absolute Gasteiger partial charge is 0.288 e. The van der Waals surface area contributed by atoms with E-state index in [1.54, 1.807) is 0 Å². The number of nitrogens with zero attached hydrogens (tertiary/aromatic N) is 2. The Morgan fingerprint density at radius 3 is 2.29 bits per heavy atom. The molecule has 1 fully saturated rings. The first-order chi connectivity index (χ1) is 7.98. The molecule has 0 unspecified atom stereocenters. The number of hydrogen-bond acceptors (Lipinski definition) is 2. The lowest BCUT2D eigenvalue weighted by molar-refractivity contribution is -1.09. The third-order valence-corrected chi connectivity index (χ3v) is 3.95. The fourth-order valence-corrected chi connectivity index (χ4v) is 2.52. The van der Waals surface area contributed by atoms with Crippen molar-refractivity contribution >= 4 is 23.2 Å². The molecule has 1 heterocycles. The van der Waals surface area contributed by atoms with E-state index in [9.17, 15) is 5.21 Å². The standard InChI is InChI=1S/C12H17Cl2N2O/c1-16(17)7-5-15(6-8-16)9-10-11(13)3-2-4-12(10)14/h2-4,17H,5-9H2,1H3/q+1. The van der Waals surface area contributed by atoms with Crippen LogP contribution in [0.2, 0.25) is 10.0 Å². The van der Waals surface area contributed by atoms with Gasteiger partial charge >= 0.3 is 0 Å². The normalized spacial score (nSPS) is 20.5. The minimum absolute atomic E-state index is 0.104. The summed E-state index contributed by atoms with van der Waals surface area (Å²) in [6, 6.07) is 5.57. The predicted octanol–water partition coefficient (Wildman–Crippen LogP) is 2.64. The lowest BCUT2D eigenvalue weighted by Gasteiger charge is -2.36. The van der Waals surface area contributed by atoms with Crippen molar-refractivity contribution in [3.05, 3.63) is 33.8 Å². The molecule has 0 aromatic heterocycles. The van der Waals surface area contributed by atoms with Crippen LogP contribution < -0.4 is 0 Å². The first-order valence-electron chi connectivity index (χ1n) is 5.70. The molecule has 94 valence electrons. The second-order valence-electron chi connectivity index (χ2n) is 4.76. The maximum atomic E-state index is 9.83. The SMILES string of the molecule is C[N+]1(O)CCN(Cc2c(Cl)cccc2Cl)CC1. The van der Waals surface area contributed by atoms with Crippen LogP contribution in [0.4, 0.5) is 0 Å². The van der Waals surface area contributed by atoms with E-state index in [-0.39, 0.29) is 4.65 Å². The van der Waals surface area contributed by atoms with Gasteiger partial charge in [0.05, 0.1) is 20.1 Å². The Bertz CT molecular complexity index is 379. The average Bonchev–Trinajstić information content (AvgIpc) is 2.26. The third kappa shape index (κ3) is 3.33. The molecule has 0 aliphatic carbocycles. The number of halogens is 2. The molecule has 1 aliphatic heterocycles. The Morgan fingerprint density at radius 2 is 1.76 bits per heavy atom. The van der Waals surface area contributed by atoms with E-state index in [2.05, 4.69) is 4.90 Å². The highest BCUT2D eigenvalue weighted by molar-refractivity contribution is 6.35. The minimum Gasteiger partial charge on any atom is -0.288 e. The first kappa shape index (κ1) is 13.1. The molecule has 0 bridgehead atoms. The Balaban J connectivity index is 2.03. The van der Waals surface area contributed by atoms with E-state index in [1.807, 2.05) is 25.2 Å². The Hall–Kier alpha value is -0.320. The van der Waals surface area contributed by atoms with Crippen molar-refractivity contribution in [2.45, 2.75) is 6.54 Å². The van der Waals surface area contributed by atoms with E-state index >= 15 is 0 Å². The van der Waals surface area contributed by atoms with Gasteiger partial charge in [0.2, 0.25) is 0 Å². The van der Waals surface area contributed by atoms with Crippen LogP contribution in [0.15, 0.2) is 18.2 Å². The molecule has 3 nitrogen and oxygen atoms in total. The summed E-state index contributed by atoms with van der Waals surface area (Å²) in [5.41, 5.74) is 0.977. The van der Waals surface area contributed by atoms with Gasteiger partial charge in [-0.05, 0) is 12.1 Å². The first-order valence-corrected chi connectivity index (χ1v) is 6.46. The topological polar surface area (TPSA) is 23.5 Å². The average molecular weight is 276 g/mol. The summed E-state index contributed by atoms with van der Waals surface area (Å²) >= 11 is 12.3. The van der Waals surface area contributed by atoms with E-state index in [0.717, 1.165) is 38.3 Å². The lowest BCUT2D eigenvalue weighted by atomic mass is 10.2. The summed E-state index contributed by atoms with van der Waals surface area (Å²) < 4.78 is 0.104. The molecule has 1 saturated heterocycles. The van der Waals surface area contributed by atoms with Crippen LogP contribution in [-0.4, -0.2) is 48.0 Å². The van der Waals surface area contributed by atoms with Gasteiger partial charge in [-0.2, -0.15) is 4.65 Å². The van der Waals surface area contributed by atoms with Crippen LogP contribution in [0, 0.1) is 0 Å². The van der Waals surface area contributed by atoms with Crippen LogP contribution in [0.25, 0.3) is 0 Å². The second kappa shape index (κ2) is 5.12. The molecule has 0 spiro atoms. The Kier molecular flexibility index (Phi) is 3.95. The van der Waals surface area contributed by atoms with Gasteiger partial charge in [0, 0.05) is 22.2 Å². The van der Waals surface area contributed by atoms with Crippen molar-refractivity contribution in [2.75, 3.05) is 33.2 Å². The van der Waals surface area contributed by atoms with E-state index in [0.29, 0.717) is 10.0 Å². The van der Waals surface area contributed by atoms with E-state index in [1.165, 1.54) is 0 Å². The quantitative estimate of drug-likeness (QED) is 0.839. The summed E-state index contributed by atoms with van der Waals surface area (Å²) in [6.45, 7) is 3.94. The molecule has 1 aromatic rings. The zero-order chi connectivity index (χ0) is 12.5. The smallest absolute Gasteiger partial charge is 0.121 e. The molecule has 0 atom stereocenters. The molecule has 5 heteroatoms. The number of hydroxylamine groups is 3. The van der Waals surface area contributed by atoms with Crippen LogP contribution in [0.5, 0.6) is 0 Å². The number of hydrogen-bond donors (Lipinski definition) is 1. The molecule has 2 rings (SSSR count). The monoisotopic (exact) mass is 275 g/mol. The fraction of sp³-hybridized carbons (Fsp3) is 0.500. The second-order valence-corrected chi connectivity index (χ2v) is 5.58. The molecular formula is C12H17Cl2N2O+. The van der Waals surface area contributed by atoms with Gasteiger partial charge in [-0.15, -0.1) is 0 Å². The molecule has 1 aromatic carbocycles. The number of quaternary nitrogens is 1. The van der Waals surface area contributed by atoms with Crippen LogP contribution in [-0.2, 0) is 6.54 Å². The summed E-state index contributed by atoms with van der Waals surface area (Å²) in [7, 11) is 1.83. The highest BCUT2D eigenvalue weighted by Gasteiger charge is 2.27. The lowest BCUT2D eigenvalue weighted by Crippen LogP contribution is -2.54. The minimum atomic E-state index is 0.104. The van der Waals surface area contributed by atoms with Gasteiger partial charge in [0.1, 0.15) is 13.1 Å². The van der Waals surface area contributed by atoms with Gasteiger partial charge in [-0.25, -0.2) is 5.21 Å². The van der Waals surface area contributed by atoms with Crippen molar-refractivity contribution in [3.63, 3.8) is 0 Å². The van der Waals surface area contributed by atoms with Crippen LogP contribution in [0.3, 0.4) is 0 Å². The highest BCUT2D eigenvalue weighted by atomic mass is 35.5. The number of benzene rings is 1. The van der Waals surface area contributed by atoms with Gasteiger partial charge in [0.25, 0.3) is 0 Å². The van der Waals surface area contributed by atoms with Gasteiger partial charge in [0.15, 0.2) is 0 Å². The molecule has 1 aliphatic rings. The van der Waals surface area contributed by atoms with Crippen LogP contribution in [0.1, 0.15) is 5.56 Å². The summed E-state index contributed by atoms with van der Waals surface area (Å²) in [5.74, 6) is 0. The Labute approximate surface area is 112 Å². The van der Waals surface area contributed by atoms with Gasteiger partial charge < -0.3 is 0 Å². The molecule has 0 saturated carbocycles. The van der Waals surface area contributed by atoms with Crippen molar-refractivity contribution in [1.29, 1.82) is 0 Å². The van der Waals surface area contributed by atoms with E-state index in [4.69, 9.17) is 23.2 Å². The summed E-state index contributed by atoms with van der Waals surface area (Å²) in [6.07, 6.45) is 0. The molecule has 0 amide bonds. The molecule has 1 N–H and O–H groups in total. The highest BCUT2D eigenvalue weighted by Crippen LogP contribution is 2.26. The Morgan fingerprint density at radius 1 is 1.24 bits per heavy atom. The van der Waals surface area contributed by atoms with Crippen molar-refractivity contribution in [1.82, 2.24) is 4.90 Å². The zero-order valence-corrected chi connectivity index (χ0v) is 11.4. The molecular weight excluding hydrogens is 259 g/mol. The zero-order valence-electron chi connectivity index (χ0n) is 9.87. The van der Waals surface area contributed by atoms with E-state index < -0.39 is 0 Å². The molecule has 17 heavy (non-hydrogen) atoms. The number of rotatable bonds is 2. The third-order valence-electron chi connectivity index (χ3n) is 3.24. The predicted molar refractivity (Wildman–Crippen MR) is 69.4 cm³/mol. The summed E-state index contributed by atoms with van der Waals surface area (Å²) in [5, 5.41) is 11.3. The van der Waals surface area contributed by atoms with Gasteiger partial charge in [-0.3, -0.25) is 4.90 Å². The van der Waals surface area contributed by atoms with Gasteiger partial charge in [-0.1, -0.05) is 29.3 Å². The number of likely N-dealkylation sites (N-methyl/N-ethyl adjacent to an activating group) is 1. The fourth-order valence-electron chi connectivity index (χ4n) is 2.00. The maximum absolute atomic E-state index is 9.83. The maximum Gasteiger partial charge on any atom is 0.121 e. The van der Waals surface area contributed by atoms with Crippen molar-refractivity contribution < 1.29 is 9.85 Å². The van der Waals surface area contributed by atoms with Crippen molar-refractivity contribution in [3.8, 4) is 0 Å². The molecule has 0 radical (unpaired) electrons. The van der Waals surface area contributed by atoms with Crippen LogP contribution >= 0.6 is 23.2 Å².